The standard InChI is InChI=1S/C15H19BrN2O2.ClH/c16-13-4-15-14(19-1-2-20-15)3-10(13)7-18-8-11-5-17-6-12(11)9-18;/h3-4,11-12,17H,1-2,5-9H2;1H/t11-,12+;. The van der Waals surface area contributed by atoms with Crippen molar-refractivity contribution in [1.82, 2.24) is 10.2 Å². The number of hydrogen-bond acceptors (Lipinski definition) is 4. The molecule has 6 heteroatoms. The Balaban J connectivity index is 0.00000132. The molecule has 116 valence electrons. The van der Waals surface area contributed by atoms with Crippen molar-refractivity contribution in [3.63, 3.8) is 0 Å². The number of rotatable bonds is 2. The van der Waals surface area contributed by atoms with Gasteiger partial charge in [0, 0.05) is 24.1 Å². The Morgan fingerprint density at radius 3 is 2.38 bits per heavy atom. The Morgan fingerprint density at radius 1 is 1.10 bits per heavy atom. The van der Waals surface area contributed by atoms with Gasteiger partial charge in [-0.15, -0.1) is 12.4 Å². The van der Waals surface area contributed by atoms with Gasteiger partial charge < -0.3 is 14.8 Å². The van der Waals surface area contributed by atoms with Crippen molar-refractivity contribution < 1.29 is 9.47 Å². The predicted molar refractivity (Wildman–Crippen MR) is 87.5 cm³/mol. The lowest BCUT2D eigenvalue weighted by molar-refractivity contribution is 0.171. The molecule has 3 aliphatic rings. The highest BCUT2D eigenvalue weighted by Crippen LogP contribution is 2.37. The van der Waals surface area contributed by atoms with Crippen molar-refractivity contribution in [3.05, 3.63) is 22.2 Å². The van der Waals surface area contributed by atoms with Gasteiger partial charge in [0.05, 0.1) is 0 Å². The lowest BCUT2D eigenvalue weighted by Gasteiger charge is -2.22. The Hall–Kier alpha value is -0.490. The minimum Gasteiger partial charge on any atom is -0.486 e. The molecule has 21 heavy (non-hydrogen) atoms. The van der Waals surface area contributed by atoms with Crippen molar-refractivity contribution in [3.8, 4) is 11.5 Å². The van der Waals surface area contributed by atoms with Crippen molar-refractivity contribution in [2.24, 2.45) is 11.8 Å². The van der Waals surface area contributed by atoms with Gasteiger partial charge in [-0.05, 0) is 42.6 Å². The van der Waals surface area contributed by atoms with Gasteiger partial charge >= 0.3 is 0 Å². The summed E-state index contributed by atoms with van der Waals surface area (Å²) < 4.78 is 12.4. The summed E-state index contributed by atoms with van der Waals surface area (Å²) in [4.78, 5) is 2.56. The zero-order valence-electron chi connectivity index (χ0n) is 11.8. The first-order valence-corrected chi connectivity index (χ1v) is 8.10. The Morgan fingerprint density at radius 2 is 1.71 bits per heavy atom. The largest absolute Gasteiger partial charge is 0.486 e. The quantitative estimate of drug-likeness (QED) is 0.860. The number of likely N-dealkylation sites (tertiary alicyclic amines) is 1. The number of fused-ring (bicyclic) bond motifs is 2. The number of ether oxygens (including phenoxy) is 2. The summed E-state index contributed by atoms with van der Waals surface area (Å²) in [5.41, 5.74) is 1.29. The van der Waals surface area contributed by atoms with Crippen LogP contribution < -0.4 is 14.8 Å². The van der Waals surface area contributed by atoms with Crippen LogP contribution in [0, 0.1) is 11.8 Å². The fourth-order valence-corrected chi connectivity index (χ4v) is 4.00. The minimum atomic E-state index is 0. The van der Waals surface area contributed by atoms with Gasteiger partial charge in [-0.2, -0.15) is 0 Å². The Bertz CT molecular complexity index is 517. The third-order valence-electron chi connectivity index (χ3n) is 4.57. The van der Waals surface area contributed by atoms with E-state index in [2.05, 4.69) is 32.2 Å². The summed E-state index contributed by atoms with van der Waals surface area (Å²) in [6.45, 7) is 7.06. The molecule has 0 bridgehead atoms. The second-order valence-electron chi connectivity index (χ2n) is 5.96. The molecule has 0 saturated carbocycles. The molecule has 4 nitrogen and oxygen atoms in total. The maximum atomic E-state index is 5.68. The first-order valence-electron chi connectivity index (χ1n) is 7.30. The van der Waals surface area contributed by atoms with Crippen molar-refractivity contribution in [2.75, 3.05) is 39.4 Å². The lowest BCUT2D eigenvalue weighted by atomic mass is 10.0. The van der Waals surface area contributed by atoms with Crippen LogP contribution in [0.4, 0.5) is 0 Å². The summed E-state index contributed by atoms with van der Waals surface area (Å²) >= 11 is 3.67. The number of nitrogens with zero attached hydrogens (tertiary/aromatic N) is 1. The molecule has 1 aromatic carbocycles. The van der Waals surface area contributed by atoms with E-state index in [9.17, 15) is 0 Å². The van der Waals surface area contributed by atoms with Crippen LogP contribution in [0.5, 0.6) is 11.5 Å². The average Bonchev–Trinajstić information content (AvgIpc) is 3.00. The van der Waals surface area contributed by atoms with Crippen molar-refractivity contribution in [1.29, 1.82) is 0 Å². The van der Waals surface area contributed by atoms with Gasteiger partial charge in [-0.3, -0.25) is 4.90 Å². The maximum Gasteiger partial charge on any atom is 0.162 e. The summed E-state index contributed by atoms with van der Waals surface area (Å²) in [5, 5.41) is 3.49. The maximum absolute atomic E-state index is 5.68. The predicted octanol–water partition coefficient (Wildman–Crippen LogP) is 2.29. The average molecular weight is 376 g/mol. The van der Waals surface area contributed by atoms with E-state index < -0.39 is 0 Å². The van der Waals surface area contributed by atoms with Crippen LogP contribution in [-0.4, -0.2) is 44.3 Å². The van der Waals surface area contributed by atoms with Gasteiger partial charge in [0.15, 0.2) is 11.5 Å². The number of benzene rings is 1. The molecule has 0 aliphatic carbocycles. The molecular formula is C15H20BrClN2O2. The van der Waals surface area contributed by atoms with E-state index in [1.807, 2.05) is 6.07 Å². The van der Waals surface area contributed by atoms with E-state index in [1.165, 1.54) is 31.7 Å². The minimum absolute atomic E-state index is 0. The second-order valence-corrected chi connectivity index (χ2v) is 6.81. The normalized spacial score (nSPS) is 27.3. The molecule has 1 N–H and O–H groups in total. The fourth-order valence-electron chi connectivity index (χ4n) is 3.55. The molecule has 4 rings (SSSR count). The highest BCUT2D eigenvalue weighted by molar-refractivity contribution is 9.10. The van der Waals surface area contributed by atoms with E-state index in [0.29, 0.717) is 13.2 Å². The zero-order valence-corrected chi connectivity index (χ0v) is 14.2. The van der Waals surface area contributed by atoms with E-state index >= 15 is 0 Å². The van der Waals surface area contributed by atoms with Crippen LogP contribution in [-0.2, 0) is 6.54 Å². The molecule has 2 fully saturated rings. The number of halogens is 2. The fraction of sp³-hybridized carbons (Fsp3) is 0.600. The van der Waals surface area contributed by atoms with Gasteiger partial charge in [0.2, 0.25) is 0 Å². The Kier molecular flexibility index (Phi) is 4.64. The molecule has 2 atom stereocenters. The lowest BCUT2D eigenvalue weighted by Crippen LogP contribution is -2.25. The summed E-state index contributed by atoms with van der Waals surface area (Å²) in [6, 6.07) is 4.17. The van der Waals surface area contributed by atoms with Crippen LogP contribution >= 0.6 is 28.3 Å². The molecule has 0 amide bonds. The monoisotopic (exact) mass is 374 g/mol. The molecule has 3 heterocycles. The summed E-state index contributed by atoms with van der Waals surface area (Å²) in [5.74, 6) is 3.42. The van der Waals surface area contributed by atoms with Crippen LogP contribution in [0.3, 0.4) is 0 Å². The number of nitrogens with one attached hydrogen (secondary N) is 1. The number of hydrogen-bond donors (Lipinski definition) is 1. The smallest absolute Gasteiger partial charge is 0.162 e. The second kappa shape index (κ2) is 6.32. The van der Waals surface area contributed by atoms with Gasteiger partial charge in [-0.25, -0.2) is 0 Å². The van der Waals surface area contributed by atoms with Crippen LogP contribution in [0.25, 0.3) is 0 Å². The molecule has 3 aliphatic heterocycles. The van der Waals surface area contributed by atoms with Gasteiger partial charge in [0.1, 0.15) is 13.2 Å². The van der Waals surface area contributed by atoms with E-state index in [1.54, 1.807) is 0 Å². The summed E-state index contributed by atoms with van der Waals surface area (Å²) in [7, 11) is 0. The molecule has 2 saturated heterocycles. The first-order chi connectivity index (χ1) is 9.79. The SMILES string of the molecule is Brc1cc2c(cc1CN1C[C@H]3CNC[C@H]3C1)OCCO2.Cl. The van der Waals surface area contributed by atoms with Gasteiger partial charge in [0.25, 0.3) is 0 Å². The zero-order chi connectivity index (χ0) is 13.5. The van der Waals surface area contributed by atoms with Crippen LogP contribution in [0.15, 0.2) is 16.6 Å². The molecule has 0 aromatic heterocycles. The highest BCUT2D eigenvalue weighted by Gasteiger charge is 2.36. The molecule has 1 aromatic rings. The van der Waals surface area contributed by atoms with Crippen LogP contribution in [0.2, 0.25) is 0 Å². The summed E-state index contributed by atoms with van der Waals surface area (Å²) in [6.07, 6.45) is 0. The molecular weight excluding hydrogens is 356 g/mol. The van der Waals surface area contributed by atoms with E-state index in [0.717, 1.165) is 34.4 Å². The molecule has 0 unspecified atom stereocenters. The third-order valence-corrected chi connectivity index (χ3v) is 5.31. The van der Waals surface area contributed by atoms with Crippen molar-refractivity contribution in [2.45, 2.75) is 6.54 Å². The van der Waals surface area contributed by atoms with E-state index in [-0.39, 0.29) is 12.4 Å². The first kappa shape index (κ1) is 15.4. The molecule has 0 spiro atoms. The molecule has 0 radical (unpaired) electrons. The van der Waals surface area contributed by atoms with E-state index in [4.69, 9.17) is 9.47 Å². The van der Waals surface area contributed by atoms with Crippen molar-refractivity contribution >= 4 is 28.3 Å². The Labute approximate surface area is 139 Å². The highest BCUT2D eigenvalue weighted by atomic mass is 79.9. The van der Waals surface area contributed by atoms with Gasteiger partial charge in [-0.1, -0.05) is 15.9 Å². The third kappa shape index (κ3) is 3.02. The topological polar surface area (TPSA) is 33.7 Å². The van der Waals surface area contributed by atoms with Crippen LogP contribution in [0.1, 0.15) is 5.56 Å².